The molecule has 2 heterocycles. The monoisotopic (exact) mass is 543 g/mol. The lowest BCUT2D eigenvalue weighted by atomic mass is 9.97. The Bertz CT molecular complexity index is 670. The fraction of sp³-hybridized carbons (Fsp3) is 1.00. The summed E-state index contributed by atoms with van der Waals surface area (Å²) in [6.45, 7) is 0.549. The molecule has 0 aromatic carbocycles. The third-order valence-electron chi connectivity index (χ3n) is 5.61. The van der Waals surface area contributed by atoms with Gasteiger partial charge in [-0.3, -0.25) is 0 Å². The van der Waals surface area contributed by atoms with Crippen molar-refractivity contribution in [3.05, 3.63) is 10.4 Å². The Hall–Kier alpha value is -1.25. The van der Waals surface area contributed by atoms with E-state index in [2.05, 4.69) is 10.0 Å². The first-order valence-electron chi connectivity index (χ1n) is 11.8. The number of ether oxygens (including phenoxy) is 7. The van der Waals surface area contributed by atoms with E-state index in [1.165, 1.54) is 0 Å². The Morgan fingerprint density at radius 3 is 1.78 bits per heavy atom. The van der Waals surface area contributed by atoms with Crippen LogP contribution in [0.25, 0.3) is 10.4 Å². The number of azide groups is 1. The average molecular weight is 544 g/mol. The molecule has 2 fully saturated rings. The number of aliphatic hydroxyl groups excluding tert-OH is 7. The van der Waals surface area contributed by atoms with Crippen LogP contribution in [0.2, 0.25) is 0 Å². The van der Waals surface area contributed by atoms with E-state index in [4.69, 9.17) is 38.7 Å². The third-order valence-corrected chi connectivity index (χ3v) is 5.61. The van der Waals surface area contributed by atoms with Crippen molar-refractivity contribution in [2.24, 2.45) is 5.11 Å². The number of aliphatic hydroxyl groups is 7. The van der Waals surface area contributed by atoms with E-state index >= 15 is 0 Å². The summed E-state index contributed by atoms with van der Waals surface area (Å²) in [6.07, 6.45) is -15.1. The van der Waals surface area contributed by atoms with Crippen LogP contribution in [0, 0.1) is 0 Å². The van der Waals surface area contributed by atoms with Gasteiger partial charge in [0.15, 0.2) is 12.6 Å². The molecule has 0 aromatic heterocycles. The molecule has 2 rings (SSSR count). The van der Waals surface area contributed by atoms with Crippen LogP contribution in [-0.2, 0) is 33.2 Å². The summed E-state index contributed by atoms with van der Waals surface area (Å²) in [5.41, 5.74) is 8.13. The Kier molecular flexibility index (Phi) is 15.0. The topological polar surface area (TPSA) is 255 Å². The molecule has 17 nitrogen and oxygen atoms in total. The van der Waals surface area contributed by atoms with Gasteiger partial charge in [0.05, 0.1) is 59.5 Å². The molecule has 4 unspecified atom stereocenters. The lowest BCUT2D eigenvalue weighted by molar-refractivity contribution is -0.359. The smallest absolute Gasteiger partial charge is 0.187 e. The maximum absolute atomic E-state index is 10.5. The lowest BCUT2D eigenvalue weighted by Crippen LogP contribution is -2.64. The molecule has 216 valence electrons. The average Bonchev–Trinajstić information content (AvgIpc) is 2.90. The first-order chi connectivity index (χ1) is 17.8. The van der Waals surface area contributed by atoms with Crippen molar-refractivity contribution in [3.63, 3.8) is 0 Å². The summed E-state index contributed by atoms with van der Waals surface area (Å²) < 4.78 is 37.4. The Morgan fingerprint density at radius 2 is 1.19 bits per heavy atom. The summed E-state index contributed by atoms with van der Waals surface area (Å²) in [5.74, 6) is 0. The number of hydrogen-bond donors (Lipinski definition) is 7. The van der Waals surface area contributed by atoms with Crippen molar-refractivity contribution in [1.29, 1.82) is 0 Å². The van der Waals surface area contributed by atoms with E-state index in [0.29, 0.717) is 26.4 Å². The molecule has 0 spiro atoms. The van der Waals surface area contributed by atoms with Crippen molar-refractivity contribution in [2.45, 2.75) is 61.4 Å². The number of hydrogen-bond acceptors (Lipinski definition) is 15. The van der Waals surface area contributed by atoms with Gasteiger partial charge < -0.3 is 68.9 Å². The Labute approximate surface area is 212 Å². The van der Waals surface area contributed by atoms with Crippen LogP contribution in [0.15, 0.2) is 5.11 Å². The first kappa shape index (κ1) is 32.0. The largest absolute Gasteiger partial charge is 0.394 e. The predicted molar refractivity (Wildman–Crippen MR) is 119 cm³/mol. The van der Waals surface area contributed by atoms with Crippen molar-refractivity contribution in [3.8, 4) is 0 Å². The van der Waals surface area contributed by atoms with E-state index < -0.39 is 74.6 Å². The predicted octanol–water partition coefficient (Wildman–Crippen LogP) is -4.01. The normalized spacial score (nSPS) is 36.3. The van der Waals surface area contributed by atoms with E-state index in [9.17, 15) is 35.7 Å². The molecule has 0 saturated carbocycles. The van der Waals surface area contributed by atoms with E-state index in [-0.39, 0.29) is 26.4 Å². The highest BCUT2D eigenvalue weighted by atomic mass is 16.7. The molecule has 0 bridgehead atoms. The summed E-state index contributed by atoms with van der Waals surface area (Å²) in [4.78, 5) is 2.60. The summed E-state index contributed by atoms with van der Waals surface area (Å²) in [7, 11) is 0. The fourth-order valence-electron chi connectivity index (χ4n) is 3.61. The van der Waals surface area contributed by atoms with Crippen LogP contribution in [0.4, 0.5) is 0 Å². The zero-order valence-corrected chi connectivity index (χ0v) is 20.2. The molecule has 37 heavy (non-hydrogen) atoms. The highest BCUT2D eigenvalue weighted by Crippen LogP contribution is 2.29. The molecule has 0 radical (unpaired) electrons. The molecular weight excluding hydrogens is 506 g/mol. The molecule has 2 aliphatic rings. The van der Waals surface area contributed by atoms with Gasteiger partial charge in [0.2, 0.25) is 0 Å². The zero-order valence-electron chi connectivity index (χ0n) is 20.2. The second-order valence-corrected chi connectivity index (χ2v) is 8.17. The van der Waals surface area contributed by atoms with Gasteiger partial charge in [-0.05, 0) is 5.53 Å². The van der Waals surface area contributed by atoms with Gasteiger partial charge in [0.1, 0.15) is 48.8 Å². The summed E-state index contributed by atoms with van der Waals surface area (Å²) >= 11 is 0. The second kappa shape index (κ2) is 17.4. The minimum atomic E-state index is -1.74. The van der Waals surface area contributed by atoms with E-state index in [1.54, 1.807) is 0 Å². The Morgan fingerprint density at radius 1 is 0.649 bits per heavy atom. The lowest BCUT2D eigenvalue weighted by Gasteiger charge is -2.45. The molecule has 0 aliphatic carbocycles. The third kappa shape index (κ3) is 9.77. The van der Waals surface area contributed by atoms with Crippen LogP contribution >= 0.6 is 0 Å². The minimum Gasteiger partial charge on any atom is -0.394 e. The molecule has 2 saturated heterocycles. The SMILES string of the molecule is [N-]=[N+]=NCCOCCOCCOCCO[C@@H]1OC(CO)[C@@H](O[C@@H]2OC(CO)[C@H](O)C(O)[C@@H]2O)C(O)[C@@H]1O. The molecule has 17 heteroatoms. The van der Waals surface area contributed by atoms with Gasteiger partial charge in [-0.1, -0.05) is 5.11 Å². The maximum Gasteiger partial charge on any atom is 0.187 e. The standard InChI is InChI=1S/C20H37N3O14/c21-23-22-1-2-31-3-4-32-5-6-33-7-8-34-19-17(30)15(28)18(12(10-25)36-19)37-20-16(29)14(27)13(26)11(9-24)35-20/h11-20,24-30H,1-10H2/t11?,12?,13-,14?,15?,16-,17-,18+,19+,20-/m0/s1. The van der Waals surface area contributed by atoms with Crippen molar-refractivity contribution >= 4 is 0 Å². The highest BCUT2D eigenvalue weighted by molar-refractivity contribution is 4.94. The van der Waals surface area contributed by atoms with Gasteiger partial charge >= 0.3 is 0 Å². The molecular formula is C20H37N3O14. The van der Waals surface area contributed by atoms with E-state index in [0.717, 1.165) is 0 Å². The molecule has 7 N–H and O–H groups in total. The van der Waals surface area contributed by atoms with Crippen molar-refractivity contribution < 1.29 is 68.9 Å². The molecule has 10 atom stereocenters. The fourth-order valence-corrected chi connectivity index (χ4v) is 3.61. The van der Waals surface area contributed by atoms with Crippen LogP contribution < -0.4 is 0 Å². The summed E-state index contributed by atoms with van der Waals surface area (Å²) in [6, 6.07) is 0. The molecule has 0 aromatic rings. The van der Waals surface area contributed by atoms with E-state index in [1.807, 2.05) is 0 Å². The van der Waals surface area contributed by atoms with Gasteiger partial charge in [0.25, 0.3) is 0 Å². The van der Waals surface area contributed by atoms with Gasteiger partial charge in [-0.25, -0.2) is 0 Å². The van der Waals surface area contributed by atoms with Gasteiger partial charge in [-0.15, -0.1) is 0 Å². The minimum absolute atomic E-state index is 0.0205. The van der Waals surface area contributed by atoms with Gasteiger partial charge in [0, 0.05) is 11.5 Å². The zero-order chi connectivity index (χ0) is 27.2. The van der Waals surface area contributed by atoms with Crippen LogP contribution in [-0.4, -0.2) is 163 Å². The molecule has 2 aliphatic heterocycles. The van der Waals surface area contributed by atoms with Gasteiger partial charge in [-0.2, -0.15) is 0 Å². The maximum atomic E-state index is 10.5. The highest BCUT2D eigenvalue weighted by Gasteiger charge is 2.50. The second-order valence-electron chi connectivity index (χ2n) is 8.17. The van der Waals surface area contributed by atoms with Crippen LogP contribution in [0.5, 0.6) is 0 Å². The Balaban J connectivity index is 1.69. The summed E-state index contributed by atoms with van der Waals surface area (Å²) in [5, 5.41) is 73.2. The van der Waals surface area contributed by atoms with Crippen LogP contribution in [0.1, 0.15) is 0 Å². The van der Waals surface area contributed by atoms with Crippen molar-refractivity contribution in [2.75, 3.05) is 66.0 Å². The quantitative estimate of drug-likeness (QED) is 0.0399. The first-order valence-corrected chi connectivity index (χ1v) is 11.8. The van der Waals surface area contributed by atoms with Crippen LogP contribution in [0.3, 0.4) is 0 Å². The number of rotatable bonds is 17. The number of nitrogens with zero attached hydrogens (tertiary/aromatic N) is 3. The van der Waals surface area contributed by atoms with Crippen molar-refractivity contribution in [1.82, 2.24) is 0 Å². The molecule has 0 amide bonds.